The predicted molar refractivity (Wildman–Crippen MR) is 118 cm³/mol. The zero-order chi connectivity index (χ0) is 20.4. The number of para-hydroxylation sites is 2. The van der Waals surface area contributed by atoms with Crippen molar-refractivity contribution in [3.8, 4) is 11.3 Å². The van der Waals surface area contributed by atoms with Crippen molar-refractivity contribution in [1.82, 2.24) is 19.3 Å². The lowest BCUT2D eigenvalue weighted by molar-refractivity contribution is 0.575. The van der Waals surface area contributed by atoms with Crippen LogP contribution in [-0.2, 0) is 23.1 Å². The maximum absolute atomic E-state index is 12.5. The first kappa shape index (κ1) is 20.0. The van der Waals surface area contributed by atoms with Gasteiger partial charge in [-0.15, -0.1) is 11.3 Å². The van der Waals surface area contributed by atoms with Gasteiger partial charge in [-0.25, -0.2) is 23.1 Å². The summed E-state index contributed by atoms with van der Waals surface area (Å²) < 4.78 is 29.4. The van der Waals surface area contributed by atoms with Crippen LogP contribution in [-0.4, -0.2) is 28.7 Å². The van der Waals surface area contributed by atoms with Crippen LogP contribution in [0.2, 0.25) is 5.02 Å². The van der Waals surface area contributed by atoms with E-state index in [4.69, 9.17) is 11.6 Å². The molecule has 0 amide bonds. The van der Waals surface area contributed by atoms with Gasteiger partial charge in [0.2, 0.25) is 10.0 Å². The van der Waals surface area contributed by atoms with E-state index in [1.54, 1.807) is 6.33 Å². The molecular weight excluding hydrogens is 428 g/mol. The second-order valence-electron chi connectivity index (χ2n) is 6.59. The van der Waals surface area contributed by atoms with Crippen molar-refractivity contribution in [2.24, 2.45) is 0 Å². The molecule has 0 fully saturated rings. The van der Waals surface area contributed by atoms with E-state index >= 15 is 0 Å². The van der Waals surface area contributed by atoms with Crippen LogP contribution in [0.5, 0.6) is 0 Å². The van der Waals surface area contributed by atoms with E-state index in [0.29, 0.717) is 11.6 Å². The number of hydrogen-bond donors (Lipinski definition) is 1. The molecule has 0 atom stereocenters. The van der Waals surface area contributed by atoms with E-state index in [1.807, 2.05) is 60.0 Å². The highest BCUT2D eigenvalue weighted by Gasteiger charge is 2.15. The number of aryl methyl sites for hydroxylation is 2. The molecule has 2 aromatic heterocycles. The average molecular weight is 447 g/mol. The van der Waals surface area contributed by atoms with Crippen LogP contribution in [0.4, 0.5) is 0 Å². The third-order valence-corrected chi connectivity index (χ3v) is 7.06. The molecule has 29 heavy (non-hydrogen) atoms. The Morgan fingerprint density at radius 2 is 1.90 bits per heavy atom. The largest absolute Gasteiger partial charge is 0.330 e. The molecule has 0 aliphatic carbocycles. The van der Waals surface area contributed by atoms with Crippen molar-refractivity contribution < 1.29 is 8.42 Å². The number of fused-ring (bicyclic) bond motifs is 1. The van der Waals surface area contributed by atoms with Gasteiger partial charge < -0.3 is 4.57 Å². The number of thiazole rings is 1. The SMILES string of the molecule is Cc1sc(CNS(=O)(=O)CCn2cnc3ccccc32)nc1-c1ccc(Cl)cc1. The second kappa shape index (κ2) is 8.23. The molecule has 9 heteroatoms. The smallest absolute Gasteiger partial charge is 0.213 e. The van der Waals surface area contributed by atoms with E-state index in [2.05, 4.69) is 14.7 Å². The third kappa shape index (κ3) is 4.67. The Morgan fingerprint density at radius 1 is 1.14 bits per heavy atom. The number of halogens is 1. The van der Waals surface area contributed by atoms with Crippen LogP contribution >= 0.6 is 22.9 Å². The number of nitrogens with zero attached hydrogens (tertiary/aromatic N) is 3. The molecule has 0 saturated heterocycles. The number of rotatable bonds is 7. The summed E-state index contributed by atoms with van der Waals surface area (Å²) in [5.74, 6) is -0.0260. The zero-order valence-electron chi connectivity index (χ0n) is 15.7. The van der Waals surface area contributed by atoms with Gasteiger partial charge in [-0.1, -0.05) is 35.9 Å². The normalized spacial score (nSPS) is 11.9. The molecule has 0 spiro atoms. The van der Waals surface area contributed by atoms with Gasteiger partial charge in [-0.05, 0) is 31.2 Å². The van der Waals surface area contributed by atoms with Crippen LogP contribution in [0.25, 0.3) is 22.3 Å². The average Bonchev–Trinajstić information content (AvgIpc) is 3.29. The van der Waals surface area contributed by atoms with Gasteiger partial charge in [0.1, 0.15) is 5.01 Å². The van der Waals surface area contributed by atoms with E-state index in [-0.39, 0.29) is 12.3 Å². The molecule has 2 aromatic carbocycles. The Morgan fingerprint density at radius 3 is 2.69 bits per heavy atom. The molecule has 0 aliphatic heterocycles. The van der Waals surface area contributed by atoms with Crippen molar-refractivity contribution >= 4 is 44.0 Å². The molecule has 2 heterocycles. The van der Waals surface area contributed by atoms with Crippen molar-refractivity contribution in [3.05, 3.63) is 69.8 Å². The van der Waals surface area contributed by atoms with Gasteiger partial charge in [0.05, 0.1) is 35.4 Å². The minimum Gasteiger partial charge on any atom is -0.330 e. The highest BCUT2D eigenvalue weighted by Crippen LogP contribution is 2.28. The van der Waals surface area contributed by atoms with E-state index < -0.39 is 10.0 Å². The molecule has 0 saturated carbocycles. The molecule has 4 aromatic rings. The minimum atomic E-state index is -3.45. The topological polar surface area (TPSA) is 76.9 Å². The number of aromatic nitrogens is 3. The maximum Gasteiger partial charge on any atom is 0.213 e. The Bertz CT molecular complexity index is 1250. The summed E-state index contributed by atoms with van der Waals surface area (Å²) in [5.41, 5.74) is 3.59. The van der Waals surface area contributed by atoms with Gasteiger partial charge in [0, 0.05) is 22.0 Å². The van der Waals surface area contributed by atoms with Crippen molar-refractivity contribution in [1.29, 1.82) is 0 Å². The van der Waals surface area contributed by atoms with Gasteiger partial charge in [-0.2, -0.15) is 0 Å². The van der Waals surface area contributed by atoms with E-state index in [0.717, 1.165) is 32.2 Å². The highest BCUT2D eigenvalue weighted by molar-refractivity contribution is 7.89. The second-order valence-corrected chi connectivity index (χ2v) is 10.2. The molecule has 0 unspecified atom stereocenters. The lowest BCUT2D eigenvalue weighted by Crippen LogP contribution is -2.27. The molecule has 1 N–H and O–H groups in total. The number of hydrogen-bond acceptors (Lipinski definition) is 5. The summed E-state index contributed by atoms with van der Waals surface area (Å²) in [4.78, 5) is 9.92. The molecule has 0 radical (unpaired) electrons. The standard InChI is InChI=1S/C20H19ClN4O2S2/c1-14-20(15-6-8-16(21)9-7-15)24-19(28-14)12-23-29(26,27)11-10-25-13-22-17-4-2-3-5-18(17)25/h2-9,13,23H,10-12H2,1H3. The monoisotopic (exact) mass is 446 g/mol. The van der Waals surface area contributed by atoms with Crippen LogP contribution < -0.4 is 4.72 Å². The quantitative estimate of drug-likeness (QED) is 0.460. The first-order chi connectivity index (χ1) is 13.9. The highest BCUT2D eigenvalue weighted by atomic mass is 35.5. The van der Waals surface area contributed by atoms with Gasteiger partial charge >= 0.3 is 0 Å². The van der Waals surface area contributed by atoms with Crippen LogP contribution in [0.1, 0.15) is 9.88 Å². The molecular formula is C20H19ClN4O2S2. The Balaban J connectivity index is 1.40. The predicted octanol–water partition coefficient (Wildman–Crippen LogP) is 4.24. The molecule has 0 aliphatic rings. The first-order valence-electron chi connectivity index (χ1n) is 9.01. The maximum atomic E-state index is 12.5. The number of sulfonamides is 1. The molecule has 4 rings (SSSR count). The Hall–Kier alpha value is -2.26. The number of nitrogens with one attached hydrogen (secondary N) is 1. The number of imidazole rings is 1. The summed E-state index contributed by atoms with van der Waals surface area (Å²) >= 11 is 7.43. The first-order valence-corrected chi connectivity index (χ1v) is 11.9. The van der Waals surface area contributed by atoms with Crippen LogP contribution in [0, 0.1) is 6.92 Å². The van der Waals surface area contributed by atoms with Crippen LogP contribution in [0.15, 0.2) is 54.9 Å². The fraction of sp³-hybridized carbons (Fsp3) is 0.200. The van der Waals surface area contributed by atoms with Gasteiger partial charge in [0.15, 0.2) is 0 Å². The van der Waals surface area contributed by atoms with Crippen LogP contribution in [0.3, 0.4) is 0 Å². The Kier molecular flexibility index (Phi) is 5.69. The Labute approximate surface area is 178 Å². The lowest BCUT2D eigenvalue weighted by atomic mass is 10.1. The summed E-state index contributed by atoms with van der Waals surface area (Å²) in [6.45, 7) is 2.48. The molecule has 6 nitrogen and oxygen atoms in total. The van der Waals surface area contributed by atoms with Crippen molar-refractivity contribution in [3.63, 3.8) is 0 Å². The van der Waals surface area contributed by atoms with Gasteiger partial charge in [0.25, 0.3) is 0 Å². The van der Waals surface area contributed by atoms with Crippen molar-refractivity contribution in [2.45, 2.75) is 20.0 Å². The summed E-state index contributed by atoms with van der Waals surface area (Å²) in [7, 11) is -3.45. The zero-order valence-corrected chi connectivity index (χ0v) is 18.1. The van der Waals surface area contributed by atoms with Gasteiger partial charge in [-0.3, -0.25) is 0 Å². The summed E-state index contributed by atoms with van der Waals surface area (Å²) in [5, 5.41) is 1.39. The molecule has 150 valence electrons. The third-order valence-electron chi connectivity index (χ3n) is 4.53. The van der Waals surface area contributed by atoms with Crippen molar-refractivity contribution in [2.75, 3.05) is 5.75 Å². The fourth-order valence-corrected chi connectivity index (χ4v) is 5.10. The fourth-order valence-electron chi connectivity index (χ4n) is 3.05. The summed E-state index contributed by atoms with van der Waals surface area (Å²) in [6.07, 6.45) is 1.67. The number of benzene rings is 2. The lowest BCUT2D eigenvalue weighted by Gasteiger charge is -2.07. The van der Waals surface area contributed by atoms with E-state index in [9.17, 15) is 8.42 Å². The molecule has 0 bridgehead atoms. The summed E-state index contributed by atoms with van der Waals surface area (Å²) in [6, 6.07) is 15.1. The minimum absolute atomic E-state index is 0.0260. The van der Waals surface area contributed by atoms with E-state index in [1.165, 1.54) is 11.3 Å².